The summed E-state index contributed by atoms with van der Waals surface area (Å²) in [5.41, 5.74) is 7.28. The molecule has 0 saturated carbocycles. The molecule has 0 amide bonds. The number of nitrogens with two attached hydrogens (primary N) is 1. The zero-order valence-electron chi connectivity index (χ0n) is 13.0. The van der Waals surface area contributed by atoms with Crippen molar-refractivity contribution in [2.45, 2.75) is 44.9 Å². The smallest absolute Gasteiger partial charge is 0.192 e. The SMILES string of the molecule is COc1ccc([C@@H](N)CO[Si](C)(C)C(C)(C)C)cc1. The zero-order chi connectivity index (χ0) is 14.7. The molecular formula is C15H27NO2Si. The van der Waals surface area contributed by atoms with Gasteiger partial charge in [0.2, 0.25) is 0 Å². The van der Waals surface area contributed by atoms with Crippen molar-refractivity contribution in [3.63, 3.8) is 0 Å². The van der Waals surface area contributed by atoms with Gasteiger partial charge in [-0.05, 0) is 35.8 Å². The Morgan fingerprint density at radius 1 is 1.16 bits per heavy atom. The summed E-state index contributed by atoms with van der Waals surface area (Å²) in [5.74, 6) is 0.848. The number of rotatable bonds is 5. The molecule has 19 heavy (non-hydrogen) atoms. The lowest BCUT2D eigenvalue weighted by molar-refractivity contribution is 0.264. The highest BCUT2D eigenvalue weighted by Crippen LogP contribution is 2.37. The average molecular weight is 281 g/mol. The molecule has 1 rings (SSSR count). The first-order chi connectivity index (χ1) is 8.67. The fraction of sp³-hybridized carbons (Fsp3) is 0.600. The standard InChI is InChI=1S/C15H27NO2Si/c1-15(2,3)19(5,6)18-11-14(16)12-7-9-13(17-4)10-8-12/h7-10,14H,11,16H2,1-6H3/t14-/m0/s1. The van der Waals surface area contributed by atoms with Gasteiger partial charge in [0.1, 0.15) is 5.75 Å². The minimum Gasteiger partial charge on any atom is -0.497 e. The maximum atomic E-state index is 6.19. The van der Waals surface area contributed by atoms with Gasteiger partial charge in [-0.25, -0.2) is 0 Å². The number of ether oxygens (including phenoxy) is 1. The molecule has 3 nitrogen and oxygen atoms in total. The molecular weight excluding hydrogens is 254 g/mol. The first-order valence-electron chi connectivity index (χ1n) is 6.71. The molecule has 4 heteroatoms. The van der Waals surface area contributed by atoms with E-state index in [-0.39, 0.29) is 11.1 Å². The van der Waals surface area contributed by atoms with Crippen LogP contribution in [-0.4, -0.2) is 22.0 Å². The van der Waals surface area contributed by atoms with E-state index < -0.39 is 8.32 Å². The Hall–Kier alpha value is -0.843. The second kappa shape index (κ2) is 6.07. The summed E-state index contributed by atoms with van der Waals surface area (Å²) in [5, 5.41) is 0.215. The quantitative estimate of drug-likeness (QED) is 0.837. The third-order valence-corrected chi connectivity index (χ3v) is 8.47. The van der Waals surface area contributed by atoms with Crippen LogP contribution in [0.4, 0.5) is 0 Å². The van der Waals surface area contributed by atoms with E-state index in [9.17, 15) is 0 Å². The largest absolute Gasteiger partial charge is 0.497 e. The van der Waals surface area contributed by atoms with Crippen LogP contribution in [0.3, 0.4) is 0 Å². The molecule has 0 aliphatic heterocycles. The molecule has 0 unspecified atom stereocenters. The second-order valence-electron chi connectivity index (χ2n) is 6.45. The Morgan fingerprint density at radius 2 is 1.68 bits per heavy atom. The van der Waals surface area contributed by atoms with E-state index in [2.05, 4.69) is 33.9 Å². The summed E-state index contributed by atoms with van der Waals surface area (Å²) in [6.07, 6.45) is 0. The van der Waals surface area contributed by atoms with Crippen molar-refractivity contribution >= 4 is 8.32 Å². The molecule has 0 aromatic heterocycles. The van der Waals surface area contributed by atoms with Crippen LogP contribution >= 0.6 is 0 Å². The van der Waals surface area contributed by atoms with Gasteiger partial charge in [-0.1, -0.05) is 32.9 Å². The maximum Gasteiger partial charge on any atom is 0.192 e. The summed E-state index contributed by atoms with van der Waals surface area (Å²) in [6.45, 7) is 11.8. The first-order valence-corrected chi connectivity index (χ1v) is 9.62. The summed E-state index contributed by atoms with van der Waals surface area (Å²) >= 11 is 0. The molecule has 0 spiro atoms. The van der Waals surface area contributed by atoms with Crippen LogP contribution in [0, 0.1) is 0 Å². The topological polar surface area (TPSA) is 44.5 Å². The van der Waals surface area contributed by atoms with Crippen LogP contribution in [0.15, 0.2) is 24.3 Å². The van der Waals surface area contributed by atoms with Crippen LogP contribution in [0.1, 0.15) is 32.4 Å². The van der Waals surface area contributed by atoms with Crippen molar-refractivity contribution in [3.05, 3.63) is 29.8 Å². The van der Waals surface area contributed by atoms with Gasteiger partial charge in [-0.15, -0.1) is 0 Å². The van der Waals surface area contributed by atoms with Gasteiger partial charge < -0.3 is 14.9 Å². The highest BCUT2D eigenvalue weighted by molar-refractivity contribution is 6.74. The summed E-state index contributed by atoms with van der Waals surface area (Å²) in [6, 6.07) is 7.78. The molecule has 0 fully saturated rings. The fourth-order valence-electron chi connectivity index (χ4n) is 1.46. The minimum absolute atomic E-state index is 0.0833. The highest BCUT2D eigenvalue weighted by Gasteiger charge is 2.37. The minimum atomic E-state index is -1.72. The molecule has 0 aliphatic rings. The van der Waals surface area contributed by atoms with Crippen molar-refractivity contribution in [2.24, 2.45) is 5.73 Å². The Balaban J connectivity index is 2.62. The van der Waals surface area contributed by atoms with Gasteiger partial charge in [0.05, 0.1) is 19.8 Å². The van der Waals surface area contributed by atoms with Crippen molar-refractivity contribution in [1.29, 1.82) is 0 Å². The van der Waals surface area contributed by atoms with Crippen molar-refractivity contribution in [3.8, 4) is 5.75 Å². The van der Waals surface area contributed by atoms with Gasteiger partial charge in [-0.2, -0.15) is 0 Å². The van der Waals surface area contributed by atoms with E-state index in [1.165, 1.54) is 0 Å². The van der Waals surface area contributed by atoms with E-state index in [0.29, 0.717) is 6.61 Å². The Kier molecular flexibility index (Phi) is 5.18. The number of benzene rings is 1. The maximum absolute atomic E-state index is 6.19. The molecule has 1 aromatic carbocycles. The van der Waals surface area contributed by atoms with Crippen LogP contribution < -0.4 is 10.5 Å². The lowest BCUT2D eigenvalue weighted by atomic mass is 10.1. The zero-order valence-corrected chi connectivity index (χ0v) is 14.0. The monoisotopic (exact) mass is 281 g/mol. The summed E-state index contributed by atoms with van der Waals surface area (Å²) in [4.78, 5) is 0. The van der Waals surface area contributed by atoms with Gasteiger partial charge in [0.15, 0.2) is 8.32 Å². The molecule has 1 atom stereocenters. The van der Waals surface area contributed by atoms with Crippen molar-refractivity contribution < 1.29 is 9.16 Å². The van der Waals surface area contributed by atoms with Crippen LogP contribution in [0.2, 0.25) is 18.1 Å². The van der Waals surface area contributed by atoms with Crippen LogP contribution in [-0.2, 0) is 4.43 Å². The average Bonchev–Trinajstić information content (AvgIpc) is 2.35. The number of hydrogen-bond donors (Lipinski definition) is 1. The van der Waals surface area contributed by atoms with E-state index in [1.54, 1.807) is 7.11 Å². The third kappa shape index (κ3) is 4.33. The number of hydrogen-bond acceptors (Lipinski definition) is 3. The Morgan fingerprint density at radius 3 is 2.11 bits per heavy atom. The van der Waals surface area contributed by atoms with Gasteiger partial charge in [0.25, 0.3) is 0 Å². The normalized spacial score (nSPS) is 14.3. The van der Waals surface area contributed by atoms with Gasteiger partial charge in [-0.3, -0.25) is 0 Å². The van der Waals surface area contributed by atoms with E-state index in [0.717, 1.165) is 11.3 Å². The Labute approximate surface area is 118 Å². The molecule has 0 bridgehead atoms. The highest BCUT2D eigenvalue weighted by atomic mass is 28.4. The summed E-state index contributed by atoms with van der Waals surface area (Å²) in [7, 11) is -0.0608. The van der Waals surface area contributed by atoms with Gasteiger partial charge in [0, 0.05) is 0 Å². The molecule has 0 aliphatic carbocycles. The molecule has 0 heterocycles. The molecule has 1 aromatic rings. The third-order valence-electron chi connectivity index (χ3n) is 3.97. The number of methoxy groups -OCH3 is 1. The molecule has 0 radical (unpaired) electrons. The van der Waals surface area contributed by atoms with Crippen LogP contribution in [0.25, 0.3) is 0 Å². The van der Waals surface area contributed by atoms with Gasteiger partial charge >= 0.3 is 0 Å². The van der Waals surface area contributed by atoms with Crippen LogP contribution in [0.5, 0.6) is 5.75 Å². The first kappa shape index (κ1) is 16.2. The Bertz CT molecular complexity index is 396. The summed E-state index contributed by atoms with van der Waals surface area (Å²) < 4.78 is 11.3. The lowest BCUT2D eigenvalue weighted by Crippen LogP contribution is -2.42. The lowest BCUT2D eigenvalue weighted by Gasteiger charge is -2.37. The van der Waals surface area contributed by atoms with Crippen molar-refractivity contribution in [1.82, 2.24) is 0 Å². The van der Waals surface area contributed by atoms with E-state index in [1.807, 2.05) is 24.3 Å². The molecule has 2 N–H and O–H groups in total. The van der Waals surface area contributed by atoms with E-state index >= 15 is 0 Å². The second-order valence-corrected chi connectivity index (χ2v) is 11.3. The predicted octanol–water partition coefficient (Wildman–Crippen LogP) is 3.72. The molecule has 0 saturated heterocycles. The predicted molar refractivity (Wildman–Crippen MR) is 83.1 cm³/mol. The fourth-order valence-corrected chi connectivity index (χ4v) is 2.49. The van der Waals surface area contributed by atoms with E-state index in [4.69, 9.17) is 14.9 Å². The van der Waals surface area contributed by atoms with Crippen molar-refractivity contribution in [2.75, 3.05) is 13.7 Å². The molecule has 108 valence electrons.